The van der Waals surface area contributed by atoms with Gasteiger partial charge in [-0.1, -0.05) is 25.1 Å². The van der Waals surface area contributed by atoms with Crippen molar-refractivity contribution in [3.05, 3.63) is 46.4 Å². The molecule has 3 rings (SSSR count). The van der Waals surface area contributed by atoms with Crippen molar-refractivity contribution < 1.29 is 9.90 Å². The molecule has 2 heterocycles. The van der Waals surface area contributed by atoms with Crippen molar-refractivity contribution in [1.29, 1.82) is 0 Å². The van der Waals surface area contributed by atoms with Gasteiger partial charge in [0, 0.05) is 24.2 Å². The number of likely N-dealkylation sites (tertiary alicyclic amines) is 1. The number of thiazole rings is 1. The van der Waals surface area contributed by atoms with Crippen LogP contribution in [0.25, 0.3) is 0 Å². The van der Waals surface area contributed by atoms with Crippen molar-refractivity contribution in [1.82, 2.24) is 9.88 Å². The van der Waals surface area contributed by atoms with E-state index in [1.807, 2.05) is 35.7 Å². The van der Waals surface area contributed by atoms with Gasteiger partial charge in [0.1, 0.15) is 5.01 Å². The lowest BCUT2D eigenvalue weighted by atomic mass is 9.96. The van der Waals surface area contributed by atoms with Crippen molar-refractivity contribution in [2.45, 2.75) is 32.4 Å². The molecule has 1 aromatic carbocycles. The number of aliphatic hydroxyl groups is 1. The van der Waals surface area contributed by atoms with Gasteiger partial charge in [-0.25, -0.2) is 4.98 Å². The number of nitrogens with one attached hydrogen (secondary N) is 1. The number of rotatable bonds is 5. The minimum atomic E-state index is -0.256. The number of carbonyl (C=O) groups is 1. The Morgan fingerprint density at radius 2 is 2.21 bits per heavy atom. The highest BCUT2D eigenvalue weighted by atomic mass is 32.1. The zero-order valence-electron chi connectivity index (χ0n) is 13.8. The lowest BCUT2D eigenvalue weighted by molar-refractivity contribution is -0.115. The maximum Gasteiger partial charge on any atom is 0.231 e. The predicted octanol–water partition coefficient (Wildman–Crippen LogP) is 2.53. The van der Waals surface area contributed by atoms with Crippen LogP contribution in [0.15, 0.2) is 35.7 Å². The summed E-state index contributed by atoms with van der Waals surface area (Å²) in [5.41, 5.74) is 1.78. The number of para-hydroxylation sites is 1. The number of anilines is 1. The molecule has 1 aromatic heterocycles. The van der Waals surface area contributed by atoms with E-state index in [0.29, 0.717) is 18.9 Å². The van der Waals surface area contributed by atoms with Crippen LogP contribution < -0.4 is 5.32 Å². The molecule has 2 aromatic rings. The second kappa shape index (κ2) is 7.88. The maximum atomic E-state index is 12.1. The first-order chi connectivity index (χ1) is 11.6. The summed E-state index contributed by atoms with van der Waals surface area (Å²) in [6.07, 6.45) is 1.05. The van der Waals surface area contributed by atoms with Gasteiger partial charge in [0.05, 0.1) is 18.2 Å². The van der Waals surface area contributed by atoms with Crippen molar-refractivity contribution in [3.8, 4) is 0 Å². The van der Waals surface area contributed by atoms with Crippen LogP contribution in [0.2, 0.25) is 0 Å². The van der Waals surface area contributed by atoms with E-state index in [1.54, 1.807) is 0 Å². The fourth-order valence-electron chi connectivity index (χ4n) is 2.85. The number of carbonyl (C=O) groups excluding carboxylic acids is 1. The lowest BCUT2D eigenvalue weighted by Gasteiger charge is -2.33. The number of nitrogens with zero attached hydrogens (tertiary/aromatic N) is 2. The van der Waals surface area contributed by atoms with Gasteiger partial charge in [-0.2, -0.15) is 0 Å². The van der Waals surface area contributed by atoms with E-state index in [0.717, 1.165) is 35.9 Å². The molecule has 1 aliphatic heterocycles. The van der Waals surface area contributed by atoms with Gasteiger partial charge in [-0.3, -0.25) is 9.69 Å². The number of aliphatic hydroxyl groups excluding tert-OH is 1. The van der Waals surface area contributed by atoms with Crippen LogP contribution in [-0.2, 0) is 17.8 Å². The third kappa shape index (κ3) is 4.63. The molecule has 1 amide bonds. The average molecular weight is 345 g/mol. The Kier molecular flexibility index (Phi) is 5.60. The number of piperidine rings is 1. The van der Waals surface area contributed by atoms with E-state index >= 15 is 0 Å². The quantitative estimate of drug-likeness (QED) is 0.874. The molecule has 2 unspecified atom stereocenters. The van der Waals surface area contributed by atoms with Gasteiger partial charge in [-0.05, 0) is 31.0 Å². The molecule has 1 fully saturated rings. The van der Waals surface area contributed by atoms with Crippen LogP contribution in [0.1, 0.15) is 24.0 Å². The third-order valence-electron chi connectivity index (χ3n) is 4.36. The van der Waals surface area contributed by atoms with Crippen molar-refractivity contribution >= 4 is 22.9 Å². The monoisotopic (exact) mass is 345 g/mol. The smallest absolute Gasteiger partial charge is 0.231 e. The first kappa shape index (κ1) is 17.1. The minimum Gasteiger partial charge on any atom is -0.392 e. The fraction of sp³-hybridized carbons (Fsp3) is 0.444. The van der Waals surface area contributed by atoms with Crippen LogP contribution in [0.3, 0.4) is 0 Å². The molecular formula is C18H23N3O2S. The molecule has 0 bridgehead atoms. The van der Waals surface area contributed by atoms with E-state index in [-0.39, 0.29) is 12.0 Å². The van der Waals surface area contributed by atoms with Crippen molar-refractivity contribution in [3.63, 3.8) is 0 Å². The molecule has 24 heavy (non-hydrogen) atoms. The number of amides is 1. The number of β-amino-alcohol motifs (C(OH)–C–C–N with tert-alkyl or cyclic N) is 1. The zero-order chi connectivity index (χ0) is 16.9. The normalized spacial score (nSPS) is 21.6. The fourth-order valence-corrected chi connectivity index (χ4v) is 3.64. The maximum absolute atomic E-state index is 12.1. The van der Waals surface area contributed by atoms with Gasteiger partial charge in [-0.15, -0.1) is 11.3 Å². The second-order valence-electron chi connectivity index (χ2n) is 6.39. The van der Waals surface area contributed by atoms with Crippen molar-refractivity contribution in [2.24, 2.45) is 5.92 Å². The highest BCUT2D eigenvalue weighted by molar-refractivity contribution is 7.09. The van der Waals surface area contributed by atoms with Gasteiger partial charge < -0.3 is 10.4 Å². The second-order valence-corrected chi connectivity index (χ2v) is 7.33. The third-order valence-corrected chi connectivity index (χ3v) is 5.25. The van der Waals surface area contributed by atoms with E-state index in [2.05, 4.69) is 22.1 Å². The summed E-state index contributed by atoms with van der Waals surface area (Å²) < 4.78 is 0. The molecule has 2 atom stereocenters. The number of hydrogen-bond acceptors (Lipinski definition) is 5. The summed E-state index contributed by atoms with van der Waals surface area (Å²) in [6.45, 7) is 4.51. The number of hydrogen-bond donors (Lipinski definition) is 2. The summed E-state index contributed by atoms with van der Waals surface area (Å²) in [5, 5.41) is 15.7. The van der Waals surface area contributed by atoms with Crippen LogP contribution in [-0.4, -0.2) is 40.1 Å². The Balaban J connectivity index is 1.51. The Morgan fingerprint density at radius 3 is 2.96 bits per heavy atom. The number of aromatic nitrogens is 1. The number of benzene rings is 1. The highest BCUT2D eigenvalue weighted by Gasteiger charge is 2.24. The molecule has 0 saturated carbocycles. The molecule has 5 nitrogen and oxygen atoms in total. The summed E-state index contributed by atoms with van der Waals surface area (Å²) >= 11 is 1.52. The average Bonchev–Trinajstić information content (AvgIpc) is 2.98. The first-order valence-corrected chi connectivity index (χ1v) is 9.16. The summed E-state index contributed by atoms with van der Waals surface area (Å²) in [6, 6.07) is 9.44. The van der Waals surface area contributed by atoms with Crippen LogP contribution >= 0.6 is 11.3 Å². The summed E-state index contributed by atoms with van der Waals surface area (Å²) in [4.78, 5) is 18.9. The molecule has 0 radical (unpaired) electrons. The largest absolute Gasteiger partial charge is 0.392 e. The van der Waals surface area contributed by atoms with Crippen LogP contribution in [0, 0.1) is 5.92 Å². The molecule has 128 valence electrons. The standard InChI is InChI=1S/C18H23N3O2S/c1-13-7-8-21(11-16(13)22)10-15-12-24-18(20-15)9-17(23)19-14-5-3-2-4-6-14/h2-6,12-13,16,22H,7-11H2,1H3,(H,19,23). The molecule has 6 heteroatoms. The zero-order valence-corrected chi connectivity index (χ0v) is 14.6. The van der Waals surface area contributed by atoms with Crippen LogP contribution in [0.4, 0.5) is 5.69 Å². The highest BCUT2D eigenvalue weighted by Crippen LogP contribution is 2.20. The molecule has 1 aliphatic rings. The van der Waals surface area contributed by atoms with Gasteiger partial charge in [0.15, 0.2) is 0 Å². The van der Waals surface area contributed by atoms with Gasteiger partial charge in [0.2, 0.25) is 5.91 Å². The summed E-state index contributed by atoms with van der Waals surface area (Å²) in [7, 11) is 0. The lowest BCUT2D eigenvalue weighted by Crippen LogP contribution is -2.42. The Bertz CT molecular complexity index is 674. The first-order valence-electron chi connectivity index (χ1n) is 8.29. The van der Waals surface area contributed by atoms with E-state index in [1.165, 1.54) is 11.3 Å². The van der Waals surface area contributed by atoms with Crippen LogP contribution in [0.5, 0.6) is 0 Å². The SMILES string of the molecule is CC1CCN(Cc2csc(CC(=O)Nc3ccccc3)n2)CC1O. The van der Waals surface area contributed by atoms with E-state index in [9.17, 15) is 9.90 Å². The molecular weight excluding hydrogens is 322 g/mol. The molecule has 0 spiro atoms. The summed E-state index contributed by atoms with van der Waals surface area (Å²) in [5.74, 6) is 0.318. The Morgan fingerprint density at radius 1 is 1.42 bits per heavy atom. The Labute approximate surface area is 146 Å². The van der Waals surface area contributed by atoms with Gasteiger partial charge >= 0.3 is 0 Å². The molecule has 0 aliphatic carbocycles. The van der Waals surface area contributed by atoms with E-state index in [4.69, 9.17) is 0 Å². The van der Waals surface area contributed by atoms with Gasteiger partial charge in [0.25, 0.3) is 0 Å². The molecule has 1 saturated heterocycles. The van der Waals surface area contributed by atoms with Crippen molar-refractivity contribution in [2.75, 3.05) is 18.4 Å². The topological polar surface area (TPSA) is 65.5 Å². The minimum absolute atomic E-state index is 0.0516. The molecule has 2 N–H and O–H groups in total. The van der Waals surface area contributed by atoms with E-state index < -0.39 is 0 Å². The Hall–Kier alpha value is -1.76. The predicted molar refractivity (Wildman–Crippen MR) is 96.0 cm³/mol.